The molecule has 1 heterocycles. The van der Waals surface area contributed by atoms with Crippen molar-refractivity contribution in [3.8, 4) is 5.75 Å². The number of hydrogen-bond donors (Lipinski definition) is 0. The average Bonchev–Trinajstić information content (AvgIpc) is 2.94. The van der Waals surface area contributed by atoms with E-state index in [2.05, 4.69) is 12.1 Å². The van der Waals surface area contributed by atoms with E-state index in [4.69, 9.17) is 4.74 Å². The third-order valence-electron chi connectivity index (χ3n) is 4.39. The van der Waals surface area contributed by atoms with Gasteiger partial charge in [-0.25, -0.2) is 4.90 Å². The minimum absolute atomic E-state index is 0.289. The Morgan fingerprint density at radius 3 is 1.88 bits per heavy atom. The molecular weight excluding hydrogens is 326 g/mol. The molecule has 0 unspecified atom stereocenters. The third kappa shape index (κ3) is 2.97. The molecule has 1 aliphatic heterocycles. The van der Waals surface area contributed by atoms with Crippen molar-refractivity contribution in [3.05, 3.63) is 95.6 Å². The Morgan fingerprint density at radius 2 is 1.27 bits per heavy atom. The number of benzene rings is 3. The van der Waals surface area contributed by atoms with Gasteiger partial charge in [-0.15, -0.1) is 0 Å². The number of carbonyl (C=O) groups is 2. The summed E-state index contributed by atoms with van der Waals surface area (Å²) in [7, 11) is 0. The van der Waals surface area contributed by atoms with Gasteiger partial charge >= 0.3 is 0 Å². The smallest absolute Gasteiger partial charge is 0.266 e. The van der Waals surface area contributed by atoms with Crippen molar-refractivity contribution in [1.82, 2.24) is 0 Å². The number of nitrogens with zero attached hydrogens (tertiary/aromatic N) is 1. The molecule has 4 heteroatoms. The molecule has 1 aliphatic rings. The standard InChI is InChI=1S/C22H17NO3/c24-21-19-8-4-5-9-20(19)22(25)23(21)17-10-12-18(13-11-17)26-15-14-16-6-2-1-3-7-16/h1-13H,14-15H2. The van der Waals surface area contributed by atoms with Crippen LogP contribution in [0.2, 0.25) is 0 Å². The maximum Gasteiger partial charge on any atom is 0.266 e. The van der Waals surface area contributed by atoms with Crippen LogP contribution in [0.5, 0.6) is 5.75 Å². The topological polar surface area (TPSA) is 46.6 Å². The molecule has 0 aliphatic carbocycles. The lowest BCUT2D eigenvalue weighted by Gasteiger charge is -2.14. The maximum absolute atomic E-state index is 12.5. The van der Waals surface area contributed by atoms with E-state index in [9.17, 15) is 9.59 Å². The van der Waals surface area contributed by atoms with E-state index < -0.39 is 0 Å². The monoisotopic (exact) mass is 343 g/mol. The van der Waals surface area contributed by atoms with Gasteiger partial charge in [0.15, 0.2) is 0 Å². The van der Waals surface area contributed by atoms with Crippen molar-refractivity contribution in [2.24, 2.45) is 0 Å². The number of carbonyl (C=O) groups excluding carboxylic acids is 2. The van der Waals surface area contributed by atoms with Crippen LogP contribution in [0.3, 0.4) is 0 Å². The lowest BCUT2D eigenvalue weighted by molar-refractivity contribution is 0.0926. The number of hydrogen-bond acceptors (Lipinski definition) is 3. The molecule has 0 fully saturated rings. The second-order valence-electron chi connectivity index (χ2n) is 6.07. The second-order valence-corrected chi connectivity index (χ2v) is 6.07. The molecule has 26 heavy (non-hydrogen) atoms. The molecule has 0 saturated carbocycles. The Bertz CT molecular complexity index is 914. The Kier molecular flexibility index (Phi) is 4.23. The molecule has 0 spiro atoms. The summed E-state index contributed by atoms with van der Waals surface area (Å²) in [4.78, 5) is 26.2. The molecule has 4 rings (SSSR count). The fourth-order valence-electron chi connectivity index (χ4n) is 3.05. The molecule has 0 aromatic heterocycles. The van der Waals surface area contributed by atoms with Crippen LogP contribution < -0.4 is 9.64 Å². The number of amides is 2. The van der Waals surface area contributed by atoms with Gasteiger partial charge in [-0.05, 0) is 42.0 Å². The number of rotatable bonds is 5. The highest BCUT2D eigenvalue weighted by Crippen LogP contribution is 2.29. The highest BCUT2D eigenvalue weighted by Gasteiger charge is 2.36. The predicted molar refractivity (Wildman–Crippen MR) is 99.7 cm³/mol. The summed E-state index contributed by atoms with van der Waals surface area (Å²) in [6.07, 6.45) is 0.820. The van der Waals surface area contributed by atoms with Crippen molar-refractivity contribution < 1.29 is 14.3 Å². The fourth-order valence-corrected chi connectivity index (χ4v) is 3.05. The molecule has 0 bridgehead atoms. The second kappa shape index (κ2) is 6.84. The zero-order chi connectivity index (χ0) is 17.9. The molecule has 2 amide bonds. The third-order valence-corrected chi connectivity index (χ3v) is 4.39. The highest BCUT2D eigenvalue weighted by molar-refractivity contribution is 6.34. The summed E-state index contributed by atoms with van der Waals surface area (Å²) in [6, 6.07) is 24.0. The van der Waals surface area contributed by atoms with Crippen LogP contribution in [0, 0.1) is 0 Å². The lowest BCUT2D eigenvalue weighted by Crippen LogP contribution is -2.29. The van der Waals surface area contributed by atoms with Gasteiger partial charge in [-0.1, -0.05) is 42.5 Å². The van der Waals surface area contributed by atoms with Gasteiger partial charge in [0.25, 0.3) is 11.8 Å². The fraction of sp³-hybridized carbons (Fsp3) is 0.0909. The quantitative estimate of drug-likeness (QED) is 0.655. The minimum Gasteiger partial charge on any atom is -0.493 e. The van der Waals surface area contributed by atoms with E-state index in [1.54, 1.807) is 48.5 Å². The average molecular weight is 343 g/mol. The first-order chi connectivity index (χ1) is 12.7. The molecule has 0 N–H and O–H groups in total. The van der Waals surface area contributed by atoms with Gasteiger partial charge in [0.2, 0.25) is 0 Å². The zero-order valence-electron chi connectivity index (χ0n) is 14.1. The predicted octanol–water partition coefficient (Wildman–Crippen LogP) is 4.11. The molecule has 0 saturated heterocycles. The summed E-state index contributed by atoms with van der Waals surface area (Å²) >= 11 is 0. The van der Waals surface area contributed by atoms with Gasteiger partial charge in [-0.3, -0.25) is 9.59 Å². The van der Waals surface area contributed by atoms with E-state index in [-0.39, 0.29) is 11.8 Å². The largest absolute Gasteiger partial charge is 0.493 e. The van der Waals surface area contributed by atoms with Crippen molar-refractivity contribution in [2.75, 3.05) is 11.5 Å². The molecule has 3 aromatic carbocycles. The summed E-state index contributed by atoms with van der Waals surface area (Å²) in [5.74, 6) is 0.132. The molecule has 0 atom stereocenters. The maximum atomic E-state index is 12.5. The van der Waals surface area contributed by atoms with Crippen molar-refractivity contribution >= 4 is 17.5 Å². The summed E-state index contributed by atoms with van der Waals surface area (Å²) in [5, 5.41) is 0. The Morgan fingerprint density at radius 1 is 0.692 bits per heavy atom. The SMILES string of the molecule is O=C1c2ccccc2C(=O)N1c1ccc(OCCc2ccccc2)cc1. The first kappa shape index (κ1) is 16.1. The van der Waals surface area contributed by atoms with Gasteiger partial charge < -0.3 is 4.74 Å². The van der Waals surface area contributed by atoms with Crippen LogP contribution in [0.15, 0.2) is 78.9 Å². The van der Waals surface area contributed by atoms with Gasteiger partial charge in [0.05, 0.1) is 23.4 Å². The van der Waals surface area contributed by atoms with Crippen molar-refractivity contribution in [1.29, 1.82) is 0 Å². The summed E-state index contributed by atoms with van der Waals surface area (Å²) < 4.78 is 5.75. The molecule has 4 nitrogen and oxygen atoms in total. The molecule has 0 radical (unpaired) electrons. The van der Waals surface area contributed by atoms with E-state index in [1.807, 2.05) is 18.2 Å². The lowest BCUT2D eigenvalue weighted by atomic mass is 10.1. The first-order valence-electron chi connectivity index (χ1n) is 8.48. The van der Waals surface area contributed by atoms with Gasteiger partial charge in [0, 0.05) is 6.42 Å². The Balaban J connectivity index is 1.44. The Hall–Kier alpha value is -3.40. The van der Waals surface area contributed by atoms with E-state index >= 15 is 0 Å². The molecule has 128 valence electrons. The number of fused-ring (bicyclic) bond motifs is 1. The van der Waals surface area contributed by atoms with Crippen LogP contribution in [-0.4, -0.2) is 18.4 Å². The van der Waals surface area contributed by atoms with Crippen LogP contribution in [0.1, 0.15) is 26.3 Å². The number of anilines is 1. The van der Waals surface area contributed by atoms with Crippen LogP contribution in [0.4, 0.5) is 5.69 Å². The van der Waals surface area contributed by atoms with Crippen LogP contribution in [-0.2, 0) is 6.42 Å². The van der Waals surface area contributed by atoms with Gasteiger partial charge in [-0.2, -0.15) is 0 Å². The number of imide groups is 1. The Labute approximate surface area is 151 Å². The molecular formula is C22H17NO3. The zero-order valence-corrected chi connectivity index (χ0v) is 14.1. The summed E-state index contributed by atoms with van der Waals surface area (Å²) in [5.41, 5.74) is 2.66. The van der Waals surface area contributed by atoms with E-state index in [1.165, 1.54) is 10.5 Å². The first-order valence-corrected chi connectivity index (χ1v) is 8.48. The summed E-state index contributed by atoms with van der Waals surface area (Å²) in [6.45, 7) is 0.566. The van der Waals surface area contributed by atoms with E-state index in [0.717, 1.165) is 6.42 Å². The normalized spacial score (nSPS) is 13.0. The van der Waals surface area contributed by atoms with Crippen LogP contribution >= 0.6 is 0 Å². The van der Waals surface area contributed by atoms with Crippen molar-refractivity contribution in [2.45, 2.75) is 6.42 Å². The van der Waals surface area contributed by atoms with E-state index in [0.29, 0.717) is 29.2 Å². The highest BCUT2D eigenvalue weighted by atomic mass is 16.5. The number of ether oxygens (including phenoxy) is 1. The van der Waals surface area contributed by atoms with Crippen molar-refractivity contribution in [3.63, 3.8) is 0 Å². The molecule has 3 aromatic rings. The van der Waals surface area contributed by atoms with Gasteiger partial charge in [0.1, 0.15) is 5.75 Å². The minimum atomic E-state index is -0.289. The van der Waals surface area contributed by atoms with Crippen LogP contribution in [0.25, 0.3) is 0 Å².